The van der Waals surface area contributed by atoms with Crippen LogP contribution in [0.4, 0.5) is 0 Å². The highest BCUT2D eigenvalue weighted by atomic mass is 14.6. The van der Waals surface area contributed by atoms with Crippen molar-refractivity contribution < 1.29 is 2.74 Å². The first-order valence-corrected chi connectivity index (χ1v) is 9.42. The molecule has 0 heteroatoms. The summed E-state index contributed by atoms with van der Waals surface area (Å²) >= 11 is 0. The van der Waals surface area contributed by atoms with E-state index in [0.717, 1.165) is 24.2 Å². The van der Waals surface area contributed by atoms with Gasteiger partial charge < -0.3 is 0 Å². The SMILES string of the molecule is [2H]C1C=C2CC[C@H]3[C@@H]4CC[C@H](C([2H])C)[C@@]4(C)CC[C@@H]3[C@@]2(C)CC1. The molecule has 0 amide bonds. The topological polar surface area (TPSA) is 0 Å². The van der Waals surface area contributed by atoms with Crippen LogP contribution < -0.4 is 0 Å². The van der Waals surface area contributed by atoms with Crippen molar-refractivity contribution in [3.63, 3.8) is 0 Å². The lowest BCUT2D eigenvalue weighted by Crippen LogP contribution is -2.50. The molecule has 4 rings (SSSR count). The van der Waals surface area contributed by atoms with Crippen LogP contribution in [0.15, 0.2) is 11.6 Å². The quantitative estimate of drug-likeness (QED) is 0.492. The first-order chi connectivity index (χ1) is 10.9. The predicted molar refractivity (Wildman–Crippen MR) is 90.1 cm³/mol. The fourth-order valence-electron chi connectivity index (χ4n) is 7.14. The Bertz CT molecular complexity index is 510. The summed E-state index contributed by atoms with van der Waals surface area (Å²) in [5, 5.41) is 0. The summed E-state index contributed by atoms with van der Waals surface area (Å²) in [6.07, 6.45) is 12.8. The molecule has 118 valence electrons. The summed E-state index contributed by atoms with van der Waals surface area (Å²) in [5.41, 5.74) is 2.47. The van der Waals surface area contributed by atoms with E-state index < -0.39 is 0 Å². The molecule has 0 spiro atoms. The van der Waals surface area contributed by atoms with Gasteiger partial charge in [0.25, 0.3) is 0 Å². The van der Waals surface area contributed by atoms with Crippen LogP contribution in [-0.4, -0.2) is 0 Å². The zero-order chi connectivity index (χ0) is 16.4. The highest BCUT2D eigenvalue weighted by Crippen LogP contribution is 2.67. The van der Waals surface area contributed by atoms with Gasteiger partial charge in [0.15, 0.2) is 0 Å². The molecule has 3 saturated carbocycles. The summed E-state index contributed by atoms with van der Waals surface area (Å²) in [4.78, 5) is 0. The van der Waals surface area contributed by atoms with Gasteiger partial charge in [-0.25, -0.2) is 0 Å². The maximum absolute atomic E-state index is 8.33. The molecule has 0 nitrogen and oxygen atoms in total. The molecule has 0 aromatic rings. The van der Waals surface area contributed by atoms with Gasteiger partial charge in [0.2, 0.25) is 0 Å². The Kier molecular flexibility index (Phi) is 2.83. The van der Waals surface area contributed by atoms with Crippen LogP contribution in [-0.2, 0) is 0 Å². The normalized spacial score (nSPS) is 59.0. The van der Waals surface area contributed by atoms with E-state index in [1.165, 1.54) is 44.9 Å². The van der Waals surface area contributed by atoms with Gasteiger partial charge in [-0.3, -0.25) is 0 Å². The molecular weight excluding hydrogens is 252 g/mol. The zero-order valence-corrected chi connectivity index (χ0v) is 14.2. The summed E-state index contributed by atoms with van der Waals surface area (Å²) in [7, 11) is 0. The Labute approximate surface area is 134 Å². The number of rotatable bonds is 1. The molecule has 0 aromatic carbocycles. The van der Waals surface area contributed by atoms with E-state index in [2.05, 4.69) is 26.8 Å². The van der Waals surface area contributed by atoms with Gasteiger partial charge in [0.05, 0.1) is 0 Å². The lowest BCUT2D eigenvalue weighted by molar-refractivity contribution is -0.0515. The maximum atomic E-state index is 8.33. The van der Waals surface area contributed by atoms with Gasteiger partial charge >= 0.3 is 0 Å². The minimum Gasteiger partial charge on any atom is -0.0848 e. The largest absolute Gasteiger partial charge is 0.0848 e. The van der Waals surface area contributed by atoms with Crippen molar-refractivity contribution in [1.82, 2.24) is 0 Å². The molecular formula is C21H34. The van der Waals surface area contributed by atoms with Crippen molar-refractivity contribution in [2.45, 2.75) is 84.9 Å². The third-order valence-corrected chi connectivity index (χ3v) is 8.36. The minimum atomic E-state index is 0.0588. The average molecular weight is 289 g/mol. The van der Waals surface area contributed by atoms with Crippen LogP contribution in [0.3, 0.4) is 0 Å². The highest BCUT2D eigenvalue weighted by molar-refractivity contribution is 5.23. The number of hydrogen-bond donors (Lipinski definition) is 0. The molecule has 0 aromatic heterocycles. The van der Waals surface area contributed by atoms with E-state index in [0.29, 0.717) is 16.7 Å². The van der Waals surface area contributed by atoms with E-state index in [9.17, 15) is 0 Å². The Morgan fingerprint density at radius 1 is 1.19 bits per heavy atom. The molecule has 0 N–H and O–H groups in total. The summed E-state index contributed by atoms with van der Waals surface area (Å²) < 4.78 is 16.5. The summed E-state index contributed by atoms with van der Waals surface area (Å²) in [6.45, 7) is 7.19. The number of hydrogen-bond acceptors (Lipinski definition) is 0. The zero-order valence-electron chi connectivity index (χ0n) is 16.2. The van der Waals surface area contributed by atoms with Crippen molar-refractivity contribution >= 4 is 0 Å². The summed E-state index contributed by atoms with van der Waals surface area (Å²) in [5.74, 6) is 3.24. The van der Waals surface area contributed by atoms with Crippen molar-refractivity contribution in [2.75, 3.05) is 0 Å². The van der Waals surface area contributed by atoms with Gasteiger partial charge in [-0.05, 0) is 92.3 Å². The lowest BCUT2D eigenvalue weighted by atomic mass is 9.47. The standard InChI is InChI=1S/C21H34/c1-4-15-9-11-18-17-10-8-16-7-5-6-13-20(16,2)19(17)12-14-21(15,18)3/h7,15,17-19H,4-6,8-14H2,1-3H3/t15-,17-,18-,19-,20-,21+/m0/s1/i4D,5D/t4?,5?,15-,17-,18-,19-,20-,21+. The lowest BCUT2D eigenvalue weighted by Gasteiger charge is -2.58. The second kappa shape index (κ2) is 4.87. The smallest absolute Gasteiger partial charge is 0.0310 e. The molecule has 4 aliphatic rings. The monoisotopic (exact) mass is 288 g/mol. The second-order valence-corrected chi connectivity index (χ2v) is 8.86. The van der Waals surface area contributed by atoms with Crippen molar-refractivity contribution in [3.05, 3.63) is 11.6 Å². The van der Waals surface area contributed by atoms with Gasteiger partial charge in [0, 0.05) is 2.74 Å². The van der Waals surface area contributed by atoms with Crippen LogP contribution >= 0.6 is 0 Å². The van der Waals surface area contributed by atoms with Gasteiger partial charge in [-0.2, -0.15) is 0 Å². The highest BCUT2D eigenvalue weighted by Gasteiger charge is 2.57. The Morgan fingerprint density at radius 2 is 2.05 bits per heavy atom. The predicted octanol–water partition coefficient (Wildman–Crippen LogP) is 6.37. The molecule has 0 heterocycles. The van der Waals surface area contributed by atoms with Crippen molar-refractivity contribution in [2.24, 2.45) is 34.5 Å². The van der Waals surface area contributed by atoms with Gasteiger partial charge in [0.1, 0.15) is 0 Å². The Balaban J connectivity index is 1.64. The molecule has 8 atom stereocenters. The second-order valence-electron chi connectivity index (χ2n) is 8.86. The van der Waals surface area contributed by atoms with E-state index in [-0.39, 0.29) is 12.8 Å². The van der Waals surface area contributed by atoms with E-state index in [1.54, 1.807) is 5.57 Å². The van der Waals surface area contributed by atoms with Crippen LogP contribution in [0, 0.1) is 34.5 Å². The van der Waals surface area contributed by atoms with Crippen molar-refractivity contribution in [1.29, 1.82) is 0 Å². The maximum Gasteiger partial charge on any atom is 0.0310 e. The molecule has 21 heavy (non-hydrogen) atoms. The Hall–Kier alpha value is -0.260. The third kappa shape index (κ3) is 1.86. The molecule has 0 radical (unpaired) electrons. The summed E-state index contributed by atoms with van der Waals surface area (Å²) in [6, 6.07) is 0. The van der Waals surface area contributed by atoms with E-state index in [1.807, 2.05) is 0 Å². The molecule has 3 fully saturated rings. The van der Waals surface area contributed by atoms with Crippen molar-refractivity contribution in [3.8, 4) is 0 Å². The van der Waals surface area contributed by atoms with E-state index in [4.69, 9.17) is 2.74 Å². The average Bonchev–Trinajstić information content (AvgIpc) is 2.85. The van der Waals surface area contributed by atoms with Crippen LogP contribution in [0.1, 0.15) is 87.7 Å². The fraction of sp³-hybridized carbons (Fsp3) is 0.905. The van der Waals surface area contributed by atoms with E-state index >= 15 is 0 Å². The molecule has 0 saturated heterocycles. The first kappa shape index (κ1) is 12.2. The van der Waals surface area contributed by atoms with Crippen LogP contribution in [0.2, 0.25) is 0 Å². The van der Waals surface area contributed by atoms with Gasteiger partial charge in [-0.1, -0.05) is 38.8 Å². The van der Waals surface area contributed by atoms with Crippen LogP contribution in [0.25, 0.3) is 0 Å². The first-order valence-electron chi connectivity index (χ1n) is 10.6. The van der Waals surface area contributed by atoms with Crippen LogP contribution in [0.5, 0.6) is 0 Å². The minimum absolute atomic E-state index is 0.0588. The number of allylic oxidation sites excluding steroid dienone is 2. The van der Waals surface area contributed by atoms with Gasteiger partial charge in [-0.15, -0.1) is 0 Å². The molecule has 2 unspecified atom stereocenters. The molecule has 4 aliphatic carbocycles. The molecule has 0 aliphatic heterocycles. The Morgan fingerprint density at radius 3 is 2.86 bits per heavy atom. The fourth-order valence-corrected chi connectivity index (χ4v) is 7.14. The third-order valence-electron chi connectivity index (χ3n) is 8.36. The number of fused-ring (bicyclic) bond motifs is 5. The molecule has 0 bridgehead atoms.